The maximum absolute atomic E-state index is 13.4. The van der Waals surface area contributed by atoms with Crippen LogP contribution < -0.4 is 9.47 Å². The number of ether oxygens (including phenoxy) is 5. The third-order valence-electron chi connectivity index (χ3n) is 7.44. The molecular formula is C34H24O11. The van der Waals surface area contributed by atoms with Gasteiger partial charge in [0.2, 0.25) is 5.78 Å². The van der Waals surface area contributed by atoms with E-state index in [9.17, 15) is 24.0 Å². The van der Waals surface area contributed by atoms with Gasteiger partial charge in [-0.3, -0.25) is 9.59 Å². The van der Waals surface area contributed by atoms with Gasteiger partial charge >= 0.3 is 23.9 Å². The Balaban J connectivity index is 1.37. The molecule has 0 radical (unpaired) electrons. The third-order valence-corrected chi connectivity index (χ3v) is 7.44. The maximum atomic E-state index is 13.4. The summed E-state index contributed by atoms with van der Waals surface area (Å²) < 4.78 is 32.2. The van der Waals surface area contributed by atoms with E-state index in [1.54, 1.807) is 48.5 Å². The zero-order valence-corrected chi connectivity index (χ0v) is 24.2. The summed E-state index contributed by atoms with van der Waals surface area (Å²) in [5.41, 5.74) is 2.35. The van der Waals surface area contributed by atoms with Crippen molar-refractivity contribution >= 4 is 35.7 Å². The van der Waals surface area contributed by atoms with Crippen molar-refractivity contribution in [3.63, 3.8) is 0 Å². The van der Waals surface area contributed by atoms with Crippen molar-refractivity contribution in [1.82, 2.24) is 0 Å². The zero-order chi connectivity index (χ0) is 31.8. The Kier molecular flexibility index (Phi) is 7.51. The number of rotatable bonds is 6. The van der Waals surface area contributed by atoms with Gasteiger partial charge in [-0.1, -0.05) is 12.1 Å². The number of ketones is 1. The molecular weight excluding hydrogens is 584 g/mol. The average Bonchev–Trinajstić information content (AvgIpc) is 3.68. The van der Waals surface area contributed by atoms with Crippen LogP contribution >= 0.6 is 0 Å². The molecule has 1 aromatic heterocycles. The highest BCUT2D eigenvalue weighted by atomic mass is 16.5. The van der Waals surface area contributed by atoms with E-state index in [1.807, 2.05) is 0 Å². The highest BCUT2D eigenvalue weighted by Crippen LogP contribution is 2.49. The van der Waals surface area contributed by atoms with Gasteiger partial charge in [0.15, 0.2) is 5.76 Å². The predicted octanol–water partition coefficient (Wildman–Crippen LogP) is 5.36. The van der Waals surface area contributed by atoms with E-state index in [0.29, 0.717) is 33.8 Å². The van der Waals surface area contributed by atoms with Crippen molar-refractivity contribution in [3.8, 4) is 22.8 Å². The van der Waals surface area contributed by atoms with Gasteiger partial charge in [0.05, 0.1) is 55.9 Å². The minimum atomic E-state index is -0.680. The Morgan fingerprint density at radius 2 is 1.40 bits per heavy atom. The molecule has 11 nitrogen and oxygen atoms in total. The van der Waals surface area contributed by atoms with Gasteiger partial charge in [-0.2, -0.15) is 0 Å². The lowest BCUT2D eigenvalue weighted by Gasteiger charge is -2.24. The molecule has 6 rings (SSSR count). The van der Waals surface area contributed by atoms with Crippen LogP contribution in [-0.4, -0.2) is 51.0 Å². The number of hydrogen-bond donors (Lipinski definition) is 0. The number of allylic oxidation sites excluding steroid dienone is 1. The summed E-state index contributed by atoms with van der Waals surface area (Å²) in [4.78, 5) is 62.4. The largest absolute Gasteiger partial charge is 0.465 e. The van der Waals surface area contributed by atoms with Gasteiger partial charge in [0.1, 0.15) is 23.0 Å². The summed E-state index contributed by atoms with van der Waals surface area (Å²) in [6.07, 6.45) is 1.45. The molecule has 0 unspecified atom stereocenters. The summed E-state index contributed by atoms with van der Waals surface area (Å²) in [6, 6.07) is 17.2. The molecule has 0 amide bonds. The van der Waals surface area contributed by atoms with Crippen molar-refractivity contribution in [3.05, 3.63) is 112 Å². The number of esters is 4. The van der Waals surface area contributed by atoms with E-state index in [4.69, 9.17) is 28.1 Å². The fourth-order valence-corrected chi connectivity index (χ4v) is 5.27. The molecule has 0 aliphatic carbocycles. The molecule has 2 aliphatic heterocycles. The van der Waals surface area contributed by atoms with Gasteiger partial charge in [-0.25, -0.2) is 14.4 Å². The van der Waals surface area contributed by atoms with Gasteiger partial charge in [-0.05, 0) is 66.2 Å². The molecule has 226 valence electrons. The smallest absolute Gasteiger partial charge is 0.337 e. The van der Waals surface area contributed by atoms with Gasteiger partial charge in [0.25, 0.3) is 0 Å². The van der Waals surface area contributed by atoms with Crippen molar-refractivity contribution in [2.75, 3.05) is 21.3 Å². The van der Waals surface area contributed by atoms with Crippen molar-refractivity contribution in [2.24, 2.45) is 0 Å². The third kappa shape index (κ3) is 5.35. The van der Waals surface area contributed by atoms with Crippen LogP contribution in [0.1, 0.15) is 70.7 Å². The Morgan fingerprint density at radius 1 is 0.756 bits per heavy atom. The molecule has 1 atom stereocenters. The molecule has 0 N–H and O–H groups in total. The van der Waals surface area contributed by atoms with Crippen LogP contribution in [0.3, 0.4) is 0 Å². The number of benzene rings is 3. The first kappa shape index (κ1) is 29.1. The second-order valence-corrected chi connectivity index (χ2v) is 10.1. The number of fused-ring (bicyclic) bond motifs is 3. The summed E-state index contributed by atoms with van der Waals surface area (Å²) >= 11 is 0. The van der Waals surface area contributed by atoms with Crippen molar-refractivity contribution < 1.29 is 52.1 Å². The first-order valence-corrected chi connectivity index (χ1v) is 13.6. The number of carbonyl (C=O) groups is 5. The zero-order valence-electron chi connectivity index (χ0n) is 24.2. The number of furan rings is 1. The molecule has 0 bridgehead atoms. The van der Waals surface area contributed by atoms with Crippen LogP contribution in [0.25, 0.3) is 17.4 Å². The quantitative estimate of drug-likeness (QED) is 0.121. The van der Waals surface area contributed by atoms with Gasteiger partial charge < -0.3 is 28.1 Å². The average molecular weight is 609 g/mol. The van der Waals surface area contributed by atoms with Crippen molar-refractivity contribution in [1.29, 1.82) is 0 Å². The van der Waals surface area contributed by atoms with E-state index in [-0.39, 0.29) is 46.2 Å². The number of carbonyl (C=O) groups excluding carboxylic acids is 5. The summed E-state index contributed by atoms with van der Waals surface area (Å²) in [5.74, 6) is -2.15. The Labute approximate surface area is 255 Å². The minimum Gasteiger partial charge on any atom is -0.465 e. The lowest BCUT2D eigenvalue weighted by Crippen LogP contribution is -2.21. The molecule has 11 heteroatoms. The van der Waals surface area contributed by atoms with Crippen molar-refractivity contribution in [2.45, 2.75) is 12.3 Å². The summed E-state index contributed by atoms with van der Waals surface area (Å²) in [5, 5.41) is 0. The van der Waals surface area contributed by atoms with E-state index in [2.05, 4.69) is 0 Å². The molecule has 0 fully saturated rings. The summed E-state index contributed by atoms with van der Waals surface area (Å²) in [6.45, 7) is 0. The lowest BCUT2D eigenvalue weighted by atomic mass is 9.88. The van der Waals surface area contributed by atoms with Crippen LogP contribution in [-0.2, 0) is 19.0 Å². The second kappa shape index (κ2) is 11.6. The number of hydrogen-bond acceptors (Lipinski definition) is 11. The molecule has 3 aromatic carbocycles. The van der Waals surface area contributed by atoms with E-state index >= 15 is 0 Å². The molecule has 45 heavy (non-hydrogen) atoms. The molecule has 4 aromatic rings. The first-order valence-electron chi connectivity index (χ1n) is 13.6. The predicted molar refractivity (Wildman–Crippen MR) is 156 cm³/mol. The fourth-order valence-electron chi connectivity index (χ4n) is 5.27. The highest BCUT2D eigenvalue weighted by Gasteiger charge is 2.39. The van der Waals surface area contributed by atoms with E-state index < -0.39 is 29.8 Å². The number of methoxy groups -OCH3 is 3. The molecule has 2 aliphatic rings. The van der Waals surface area contributed by atoms with Crippen LogP contribution in [0.4, 0.5) is 0 Å². The van der Waals surface area contributed by atoms with E-state index in [1.165, 1.54) is 45.6 Å². The Hall–Kier alpha value is -5.97. The number of Topliss-reactive ketones (excluding diaryl/α,β-unsaturated/α-hetero) is 1. The van der Waals surface area contributed by atoms with Gasteiger partial charge in [-0.15, -0.1) is 0 Å². The standard InChI is InChI=1S/C34H24O11/c1-40-32(37)18-6-4-17(5-7-18)12-27-30(36)22-8-9-26-29(31(22)45-27)23(16-28(35)44-26)25-11-10-24(43-25)19-13-20(33(38)41-2)15-21(14-19)34(39)42-3/h4-15,23H,16H2,1-3H3/b27-12-/t23-/m0/s1. The molecule has 0 saturated heterocycles. The van der Waals surface area contributed by atoms with Crippen LogP contribution in [0.5, 0.6) is 11.5 Å². The normalized spacial score (nSPS) is 15.9. The van der Waals surface area contributed by atoms with Crippen LogP contribution in [0.2, 0.25) is 0 Å². The van der Waals surface area contributed by atoms with Gasteiger partial charge in [0, 0.05) is 11.1 Å². The molecule has 0 spiro atoms. The maximum Gasteiger partial charge on any atom is 0.337 e. The molecule has 3 heterocycles. The summed E-state index contributed by atoms with van der Waals surface area (Å²) in [7, 11) is 3.74. The van der Waals surface area contributed by atoms with Crippen LogP contribution in [0.15, 0.2) is 76.9 Å². The second-order valence-electron chi connectivity index (χ2n) is 10.1. The highest BCUT2D eigenvalue weighted by molar-refractivity contribution is 6.15. The monoisotopic (exact) mass is 608 g/mol. The Bertz CT molecular complexity index is 1890. The van der Waals surface area contributed by atoms with E-state index in [0.717, 1.165) is 0 Å². The Morgan fingerprint density at radius 3 is 2.04 bits per heavy atom. The lowest BCUT2D eigenvalue weighted by molar-refractivity contribution is -0.135. The SMILES string of the molecule is COC(=O)c1ccc(/C=C2\Oc3c(ccc4c3[C@H](c3ccc(-c5cc(C(=O)OC)cc(C(=O)OC)c5)o3)CC(=O)O4)C2=O)cc1. The minimum absolute atomic E-state index is 0.0509. The molecule has 0 saturated carbocycles. The topological polar surface area (TPSA) is 145 Å². The van der Waals surface area contributed by atoms with Crippen LogP contribution in [0, 0.1) is 0 Å². The fraction of sp³-hybridized carbons (Fsp3) is 0.147. The first-order chi connectivity index (χ1) is 21.7.